The molecule has 2 aromatic heterocycles. The van der Waals surface area contributed by atoms with Crippen LogP contribution in [0.15, 0.2) is 48.0 Å². The monoisotopic (exact) mass is 445 g/mol. The fourth-order valence-corrected chi connectivity index (χ4v) is 2.98. The number of hydrogen-bond acceptors (Lipinski definition) is 7. The van der Waals surface area contributed by atoms with E-state index in [1.165, 1.54) is 36.9 Å². The summed E-state index contributed by atoms with van der Waals surface area (Å²) in [5.74, 6) is -1.29. The van der Waals surface area contributed by atoms with Crippen molar-refractivity contribution in [1.29, 1.82) is 5.41 Å². The number of anilines is 3. The van der Waals surface area contributed by atoms with Gasteiger partial charge in [-0.2, -0.15) is 5.10 Å². The zero-order chi connectivity index (χ0) is 21.7. The topological polar surface area (TPSA) is 129 Å². The van der Waals surface area contributed by atoms with Crippen molar-refractivity contribution in [3.63, 3.8) is 0 Å². The van der Waals surface area contributed by atoms with Gasteiger partial charge in [-0.05, 0) is 24.3 Å². The van der Waals surface area contributed by atoms with E-state index in [1.54, 1.807) is 6.07 Å². The number of pyridine rings is 2. The Balaban J connectivity index is 1.83. The van der Waals surface area contributed by atoms with E-state index in [4.69, 9.17) is 34.3 Å². The van der Waals surface area contributed by atoms with Gasteiger partial charge in [0.25, 0.3) is 5.91 Å². The smallest absolute Gasteiger partial charge is 0.258 e. The molecule has 0 aliphatic carbocycles. The summed E-state index contributed by atoms with van der Waals surface area (Å²) in [5.41, 5.74) is 9.57. The molecule has 0 spiro atoms. The van der Waals surface area contributed by atoms with E-state index in [2.05, 4.69) is 25.8 Å². The number of amides is 1. The number of halogens is 3. The Labute approximate surface area is 180 Å². The molecule has 0 saturated carbocycles. The SMILES string of the molecule is N=C/C=N\Nc1ncc(NC(=O)c2cc(Cl)c(-c3ccncc3N)cc2F)cc1Cl. The third kappa shape index (κ3) is 4.70. The highest BCUT2D eigenvalue weighted by atomic mass is 35.5. The molecule has 3 aromatic rings. The molecule has 8 nitrogen and oxygen atoms in total. The lowest BCUT2D eigenvalue weighted by atomic mass is 10.0. The molecular formula is C19H14Cl2FN7O. The fraction of sp³-hybridized carbons (Fsp3) is 0. The van der Waals surface area contributed by atoms with Gasteiger partial charge in [-0.15, -0.1) is 0 Å². The first-order valence-corrected chi connectivity index (χ1v) is 9.10. The number of hydrazone groups is 1. The number of hydrogen-bond donors (Lipinski definition) is 4. The highest BCUT2D eigenvalue weighted by Gasteiger charge is 2.18. The number of rotatable bonds is 6. The minimum absolute atomic E-state index is 0.152. The lowest BCUT2D eigenvalue weighted by Gasteiger charge is -2.12. The first-order valence-electron chi connectivity index (χ1n) is 8.34. The normalized spacial score (nSPS) is 10.8. The van der Waals surface area contributed by atoms with Crippen LogP contribution in [0.2, 0.25) is 10.0 Å². The Morgan fingerprint density at radius 2 is 2.00 bits per heavy atom. The van der Waals surface area contributed by atoms with Crippen LogP contribution in [-0.2, 0) is 0 Å². The lowest BCUT2D eigenvalue weighted by molar-refractivity contribution is 0.102. The molecule has 0 aliphatic rings. The minimum Gasteiger partial charge on any atom is -0.397 e. The van der Waals surface area contributed by atoms with Crippen molar-refractivity contribution in [2.45, 2.75) is 0 Å². The second-order valence-electron chi connectivity index (χ2n) is 5.84. The number of carbonyl (C=O) groups excluding carboxylic acids is 1. The quantitative estimate of drug-likeness (QED) is 0.328. The van der Waals surface area contributed by atoms with Gasteiger partial charge in [-0.3, -0.25) is 15.2 Å². The average molecular weight is 446 g/mol. The molecule has 152 valence electrons. The molecule has 0 radical (unpaired) electrons. The predicted molar refractivity (Wildman–Crippen MR) is 117 cm³/mol. The van der Waals surface area contributed by atoms with Crippen LogP contribution in [0.5, 0.6) is 0 Å². The van der Waals surface area contributed by atoms with E-state index >= 15 is 0 Å². The minimum atomic E-state index is -0.776. The van der Waals surface area contributed by atoms with Crippen LogP contribution in [0.4, 0.5) is 21.6 Å². The Morgan fingerprint density at radius 3 is 2.70 bits per heavy atom. The molecule has 0 unspecified atom stereocenters. The summed E-state index contributed by atoms with van der Waals surface area (Å²) in [5, 5.41) is 13.4. The molecule has 0 saturated heterocycles. The van der Waals surface area contributed by atoms with Crippen molar-refractivity contribution >= 4 is 58.7 Å². The molecule has 11 heteroatoms. The maximum atomic E-state index is 14.7. The van der Waals surface area contributed by atoms with Gasteiger partial charge in [0, 0.05) is 28.6 Å². The van der Waals surface area contributed by atoms with E-state index < -0.39 is 11.7 Å². The predicted octanol–water partition coefficient (Wildman–Crippen LogP) is 4.47. The summed E-state index contributed by atoms with van der Waals surface area (Å²) >= 11 is 12.3. The molecule has 0 atom stereocenters. The standard InChI is InChI=1S/C19H14Cl2FN7O/c20-14-6-13(16(22)7-12(14)11-1-3-25-9-17(11)24)19(30)28-10-5-15(21)18(26-8-10)29-27-4-2-23/h1-9,23H,24H2,(H,26,29)(H,28,30)/b23-2?,27-4-. The summed E-state index contributed by atoms with van der Waals surface area (Å²) in [6.45, 7) is 0. The maximum Gasteiger partial charge on any atom is 0.258 e. The van der Waals surface area contributed by atoms with Crippen LogP contribution in [0.1, 0.15) is 10.4 Å². The number of aromatic nitrogens is 2. The van der Waals surface area contributed by atoms with Crippen LogP contribution < -0.4 is 16.5 Å². The van der Waals surface area contributed by atoms with E-state index in [9.17, 15) is 9.18 Å². The molecule has 30 heavy (non-hydrogen) atoms. The largest absolute Gasteiger partial charge is 0.397 e. The van der Waals surface area contributed by atoms with Crippen LogP contribution >= 0.6 is 23.2 Å². The van der Waals surface area contributed by atoms with E-state index in [0.717, 1.165) is 12.3 Å². The molecule has 0 aliphatic heterocycles. The fourth-order valence-electron chi connectivity index (χ4n) is 2.50. The van der Waals surface area contributed by atoms with E-state index in [1.807, 2.05) is 0 Å². The highest BCUT2D eigenvalue weighted by molar-refractivity contribution is 6.34. The Morgan fingerprint density at radius 1 is 1.20 bits per heavy atom. The van der Waals surface area contributed by atoms with Gasteiger partial charge in [0.15, 0.2) is 5.82 Å². The van der Waals surface area contributed by atoms with Crippen molar-refractivity contribution in [1.82, 2.24) is 9.97 Å². The molecule has 2 heterocycles. The van der Waals surface area contributed by atoms with Crippen molar-refractivity contribution in [3.05, 3.63) is 64.3 Å². The van der Waals surface area contributed by atoms with Gasteiger partial charge < -0.3 is 16.5 Å². The summed E-state index contributed by atoms with van der Waals surface area (Å²) in [6.07, 6.45) is 6.42. The Hall–Kier alpha value is -3.56. The van der Waals surface area contributed by atoms with Gasteiger partial charge >= 0.3 is 0 Å². The second kappa shape index (κ2) is 9.29. The van der Waals surface area contributed by atoms with Gasteiger partial charge in [0.05, 0.1) is 40.6 Å². The zero-order valence-corrected chi connectivity index (χ0v) is 16.7. The average Bonchev–Trinajstić information content (AvgIpc) is 2.71. The van der Waals surface area contributed by atoms with Gasteiger partial charge in [-0.1, -0.05) is 23.2 Å². The highest BCUT2D eigenvalue weighted by Crippen LogP contribution is 2.33. The van der Waals surface area contributed by atoms with Crippen LogP contribution in [0.3, 0.4) is 0 Å². The number of benzene rings is 1. The van der Waals surface area contributed by atoms with Crippen LogP contribution in [0.25, 0.3) is 11.1 Å². The van der Waals surface area contributed by atoms with Gasteiger partial charge in [-0.25, -0.2) is 9.37 Å². The molecule has 3 rings (SSSR count). The van der Waals surface area contributed by atoms with Gasteiger partial charge in [0.1, 0.15) is 5.82 Å². The van der Waals surface area contributed by atoms with Crippen molar-refractivity contribution in [3.8, 4) is 11.1 Å². The molecule has 0 fully saturated rings. The number of nitrogens with two attached hydrogens (primary N) is 1. The van der Waals surface area contributed by atoms with Crippen molar-refractivity contribution in [2.75, 3.05) is 16.5 Å². The van der Waals surface area contributed by atoms with Gasteiger partial charge in [0.2, 0.25) is 0 Å². The van der Waals surface area contributed by atoms with Crippen molar-refractivity contribution < 1.29 is 9.18 Å². The molecular weight excluding hydrogens is 432 g/mol. The Bertz CT molecular complexity index is 1150. The number of nitrogen functional groups attached to an aromatic ring is 1. The maximum absolute atomic E-state index is 14.7. The Kier molecular flexibility index (Phi) is 6.55. The van der Waals surface area contributed by atoms with E-state index in [-0.39, 0.29) is 27.1 Å². The molecule has 1 aromatic carbocycles. The molecule has 5 N–H and O–H groups in total. The van der Waals surface area contributed by atoms with Crippen LogP contribution in [-0.4, -0.2) is 28.3 Å². The first-order chi connectivity index (χ1) is 14.4. The summed E-state index contributed by atoms with van der Waals surface area (Å²) in [7, 11) is 0. The summed E-state index contributed by atoms with van der Waals surface area (Å²) in [6, 6.07) is 5.38. The molecule has 0 bridgehead atoms. The number of carbonyl (C=O) groups is 1. The lowest BCUT2D eigenvalue weighted by Crippen LogP contribution is -2.14. The summed E-state index contributed by atoms with van der Waals surface area (Å²) in [4.78, 5) is 20.4. The number of nitrogens with one attached hydrogen (secondary N) is 3. The van der Waals surface area contributed by atoms with Crippen LogP contribution in [0, 0.1) is 11.2 Å². The van der Waals surface area contributed by atoms with Crippen molar-refractivity contribution in [2.24, 2.45) is 5.10 Å². The first kappa shape index (κ1) is 21.2. The third-order valence-corrected chi connectivity index (χ3v) is 4.46. The molecule has 1 amide bonds. The third-order valence-electron chi connectivity index (χ3n) is 3.86. The zero-order valence-electron chi connectivity index (χ0n) is 15.2. The number of nitrogens with zero attached hydrogens (tertiary/aromatic N) is 3. The summed E-state index contributed by atoms with van der Waals surface area (Å²) < 4.78 is 14.7. The second-order valence-corrected chi connectivity index (χ2v) is 6.65. The van der Waals surface area contributed by atoms with E-state index in [0.29, 0.717) is 16.8 Å².